The van der Waals surface area contributed by atoms with Gasteiger partial charge in [0.25, 0.3) is 0 Å². The van der Waals surface area contributed by atoms with Crippen LogP contribution in [-0.2, 0) is 15.9 Å². The van der Waals surface area contributed by atoms with Crippen LogP contribution in [-0.4, -0.2) is 72.0 Å². The average Bonchev–Trinajstić information content (AvgIpc) is 3.07. The topological polar surface area (TPSA) is 103 Å². The van der Waals surface area contributed by atoms with Crippen LogP contribution in [0.3, 0.4) is 0 Å². The van der Waals surface area contributed by atoms with Crippen molar-refractivity contribution in [2.75, 3.05) is 61.6 Å². The summed E-state index contributed by atoms with van der Waals surface area (Å²) in [6, 6.07) is 0.335. The molecule has 2 N–H and O–H groups in total. The normalized spacial score (nSPS) is 21.9. The van der Waals surface area contributed by atoms with Crippen molar-refractivity contribution in [1.29, 1.82) is 0 Å². The van der Waals surface area contributed by atoms with Crippen molar-refractivity contribution in [3.8, 4) is 11.4 Å². The maximum absolute atomic E-state index is 5.72. The molecule has 27 heavy (non-hydrogen) atoms. The first kappa shape index (κ1) is 16.6. The highest BCUT2D eigenvalue weighted by atomic mass is 16.5. The maximum Gasteiger partial charge on any atom is 0.220 e. The third kappa shape index (κ3) is 2.87. The van der Waals surface area contributed by atoms with Crippen LogP contribution in [0.5, 0.6) is 0 Å². The highest BCUT2D eigenvalue weighted by Crippen LogP contribution is 2.39. The highest BCUT2D eigenvalue weighted by Gasteiger charge is 2.37. The SMILES string of the molecule is Cc1nc(N)ncc1-c1nc(N2CCOCC2)c2c(n1)N1CCOC[C@H]1C2. The second kappa shape index (κ2) is 6.58. The van der Waals surface area contributed by atoms with Gasteiger partial charge in [0.2, 0.25) is 5.95 Å². The van der Waals surface area contributed by atoms with Gasteiger partial charge in [-0.3, -0.25) is 0 Å². The van der Waals surface area contributed by atoms with Crippen LogP contribution in [0, 0.1) is 6.92 Å². The number of nitrogens with zero attached hydrogens (tertiary/aromatic N) is 6. The summed E-state index contributed by atoms with van der Waals surface area (Å²) in [5.41, 5.74) is 8.54. The quantitative estimate of drug-likeness (QED) is 0.807. The fraction of sp³-hybridized carbons (Fsp3) is 0.556. The van der Waals surface area contributed by atoms with Gasteiger partial charge in [-0.2, -0.15) is 0 Å². The van der Waals surface area contributed by atoms with Crippen molar-refractivity contribution >= 4 is 17.6 Å². The molecule has 1 atom stereocenters. The number of nitrogens with two attached hydrogens (primary N) is 1. The Morgan fingerprint density at radius 1 is 1.04 bits per heavy atom. The van der Waals surface area contributed by atoms with Crippen molar-refractivity contribution in [1.82, 2.24) is 19.9 Å². The van der Waals surface area contributed by atoms with Crippen LogP contribution < -0.4 is 15.5 Å². The van der Waals surface area contributed by atoms with Crippen molar-refractivity contribution in [2.45, 2.75) is 19.4 Å². The fourth-order valence-electron chi connectivity index (χ4n) is 4.08. The fourth-order valence-corrected chi connectivity index (χ4v) is 4.08. The lowest BCUT2D eigenvalue weighted by Crippen LogP contribution is -2.43. The Bertz CT molecular complexity index is 869. The predicted molar refractivity (Wildman–Crippen MR) is 101 cm³/mol. The minimum atomic E-state index is 0.263. The van der Waals surface area contributed by atoms with Gasteiger partial charge in [-0.05, 0) is 6.92 Å². The summed E-state index contributed by atoms with van der Waals surface area (Å²) >= 11 is 0. The molecule has 0 aromatic carbocycles. The largest absolute Gasteiger partial charge is 0.378 e. The molecule has 2 saturated heterocycles. The van der Waals surface area contributed by atoms with E-state index in [1.54, 1.807) is 6.20 Å². The maximum atomic E-state index is 5.72. The minimum Gasteiger partial charge on any atom is -0.378 e. The summed E-state index contributed by atoms with van der Waals surface area (Å²) in [4.78, 5) is 23.0. The Morgan fingerprint density at radius 3 is 2.63 bits per heavy atom. The molecule has 0 spiro atoms. The first-order chi connectivity index (χ1) is 13.2. The number of nitrogen functional groups attached to an aromatic ring is 1. The van der Waals surface area contributed by atoms with Gasteiger partial charge in [0.05, 0.1) is 43.7 Å². The number of rotatable bonds is 2. The van der Waals surface area contributed by atoms with E-state index in [0.29, 0.717) is 25.1 Å². The molecule has 142 valence electrons. The van der Waals surface area contributed by atoms with E-state index in [1.807, 2.05) is 6.92 Å². The molecular formula is C18H23N7O2. The Morgan fingerprint density at radius 2 is 1.81 bits per heavy atom. The molecule has 5 heterocycles. The van der Waals surface area contributed by atoms with E-state index in [0.717, 1.165) is 62.2 Å². The number of aryl methyl sites for hydroxylation is 1. The zero-order valence-corrected chi connectivity index (χ0v) is 15.4. The van der Waals surface area contributed by atoms with E-state index in [9.17, 15) is 0 Å². The molecule has 9 heteroatoms. The van der Waals surface area contributed by atoms with Gasteiger partial charge in [-0.1, -0.05) is 0 Å². The van der Waals surface area contributed by atoms with Crippen molar-refractivity contribution in [3.05, 3.63) is 17.5 Å². The summed E-state index contributed by atoms with van der Waals surface area (Å²) in [6.07, 6.45) is 2.63. The van der Waals surface area contributed by atoms with Gasteiger partial charge in [0.15, 0.2) is 5.82 Å². The molecule has 5 rings (SSSR count). The van der Waals surface area contributed by atoms with Gasteiger partial charge in [0.1, 0.15) is 11.6 Å². The van der Waals surface area contributed by atoms with Gasteiger partial charge < -0.3 is 25.0 Å². The van der Waals surface area contributed by atoms with Crippen LogP contribution in [0.15, 0.2) is 6.20 Å². The van der Waals surface area contributed by atoms with Crippen molar-refractivity contribution in [2.24, 2.45) is 0 Å². The summed E-state index contributed by atoms with van der Waals surface area (Å²) in [5.74, 6) is 2.94. The Balaban J connectivity index is 1.64. The molecule has 0 bridgehead atoms. The Hall–Kier alpha value is -2.52. The first-order valence-electron chi connectivity index (χ1n) is 9.38. The summed E-state index contributed by atoms with van der Waals surface area (Å²) in [7, 11) is 0. The number of hydrogen-bond donors (Lipinski definition) is 1. The molecule has 2 aromatic heterocycles. The number of ether oxygens (including phenoxy) is 2. The third-order valence-corrected chi connectivity index (χ3v) is 5.45. The lowest BCUT2D eigenvalue weighted by molar-refractivity contribution is 0.0973. The molecule has 0 aliphatic carbocycles. The molecule has 2 aromatic rings. The summed E-state index contributed by atoms with van der Waals surface area (Å²) in [6.45, 7) is 7.33. The predicted octanol–water partition coefficient (Wildman–Crippen LogP) is 0.422. The molecular weight excluding hydrogens is 346 g/mol. The minimum absolute atomic E-state index is 0.263. The zero-order valence-electron chi connectivity index (χ0n) is 15.4. The number of morpholine rings is 2. The first-order valence-corrected chi connectivity index (χ1v) is 9.38. The van der Waals surface area contributed by atoms with E-state index in [-0.39, 0.29) is 5.95 Å². The number of anilines is 3. The Labute approximate surface area is 157 Å². The number of aromatic nitrogens is 4. The highest BCUT2D eigenvalue weighted by molar-refractivity contribution is 5.71. The van der Waals surface area contributed by atoms with Crippen LogP contribution in [0.1, 0.15) is 11.3 Å². The second-order valence-corrected chi connectivity index (χ2v) is 7.13. The van der Waals surface area contributed by atoms with E-state index < -0.39 is 0 Å². The smallest absolute Gasteiger partial charge is 0.220 e. The molecule has 9 nitrogen and oxygen atoms in total. The van der Waals surface area contributed by atoms with E-state index in [1.165, 1.54) is 5.56 Å². The standard InChI is InChI=1S/C18H23N7O2/c1-11-14(9-20-18(19)21-11)15-22-16(24-2-5-26-6-3-24)13-8-12-10-27-7-4-25(12)17(13)23-15/h9,12H,2-8,10H2,1H3,(H2,19,20,21)/t12-/m1/s1. The van der Waals surface area contributed by atoms with Crippen LogP contribution in [0.25, 0.3) is 11.4 Å². The van der Waals surface area contributed by atoms with E-state index in [2.05, 4.69) is 19.8 Å². The van der Waals surface area contributed by atoms with Gasteiger partial charge >= 0.3 is 0 Å². The molecule has 0 amide bonds. The summed E-state index contributed by atoms with van der Waals surface area (Å²) < 4.78 is 11.2. The van der Waals surface area contributed by atoms with Gasteiger partial charge in [-0.25, -0.2) is 19.9 Å². The van der Waals surface area contributed by atoms with Crippen molar-refractivity contribution < 1.29 is 9.47 Å². The lowest BCUT2D eigenvalue weighted by atomic mass is 10.1. The molecule has 0 saturated carbocycles. The van der Waals surface area contributed by atoms with Crippen LogP contribution in [0.4, 0.5) is 17.6 Å². The molecule has 0 unspecified atom stereocenters. The molecule has 3 aliphatic heterocycles. The van der Waals surface area contributed by atoms with Crippen LogP contribution >= 0.6 is 0 Å². The Kier molecular flexibility index (Phi) is 4.05. The van der Waals surface area contributed by atoms with Crippen LogP contribution in [0.2, 0.25) is 0 Å². The van der Waals surface area contributed by atoms with Crippen molar-refractivity contribution in [3.63, 3.8) is 0 Å². The number of fused-ring (bicyclic) bond motifs is 3. The van der Waals surface area contributed by atoms with E-state index in [4.69, 9.17) is 25.2 Å². The molecule has 0 radical (unpaired) electrons. The van der Waals surface area contributed by atoms with E-state index >= 15 is 0 Å². The average molecular weight is 369 g/mol. The second-order valence-electron chi connectivity index (χ2n) is 7.13. The van der Waals surface area contributed by atoms with Gasteiger partial charge in [0, 0.05) is 37.8 Å². The zero-order chi connectivity index (χ0) is 18.4. The number of hydrogen-bond acceptors (Lipinski definition) is 9. The van der Waals surface area contributed by atoms with Gasteiger partial charge in [-0.15, -0.1) is 0 Å². The lowest BCUT2D eigenvalue weighted by Gasteiger charge is -2.31. The third-order valence-electron chi connectivity index (χ3n) is 5.45. The molecule has 3 aliphatic rings. The monoisotopic (exact) mass is 369 g/mol. The molecule has 2 fully saturated rings. The summed E-state index contributed by atoms with van der Waals surface area (Å²) in [5, 5.41) is 0.